The van der Waals surface area contributed by atoms with Crippen LogP contribution in [0.1, 0.15) is 25.0 Å². The molecule has 3 rings (SSSR count). The fourth-order valence-corrected chi connectivity index (χ4v) is 2.86. The molecule has 1 aliphatic heterocycles. The Hall–Kier alpha value is -1.78. The molecule has 1 aromatic heterocycles. The van der Waals surface area contributed by atoms with Crippen LogP contribution in [0.5, 0.6) is 0 Å². The molecule has 0 unspecified atom stereocenters. The zero-order chi connectivity index (χ0) is 14.1. The minimum absolute atomic E-state index is 0.295. The van der Waals surface area contributed by atoms with Crippen LogP contribution in [0, 0.1) is 12.8 Å². The number of hydrogen-bond donors (Lipinski definition) is 1. The van der Waals surface area contributed by atoms with Gasteiger partial charge >= 0.3 is 0 Å². The highest BCUT2D eigenvalue weighted by Crippen LogP contribution is 2.29. The van der Waals surface area contributed by atoms with E-state index in [4.69, 9.17) is 5.73 Å². The van der Waals surface area contributed by atoms with Crippen LogP contribution in [-0.4, -0.2) is 42.0 Å². The molecular formula is C15H22N4O. The number of nitrogens with two attached hydrogens (primary N) is 1. The summed E-state index contributed by atoms with van der Waals surface area (Å²) in [5.41, 5.74) is 7.70. The molecule has 2 heterocycles. The maximum atomic E-state index is 12.2. The van der Waals surface area contributed by atoms with Crippen molar-refractivity contribution in [3.8, 4) is 0 Å². The number of nitrogen functional groups attached to an aromatic ring is 1. The molecule has 1 saturated heterocycles. The van der Waals surface area contributed by atoms with Gasteiger partial charge in [0.15, 0.2) is 5.82 Å². The molecule has 1 amide bonds. The molecule has 2 fully saturated rings. The Balaban J connectivity index is 1.63. The molecule has 0 bridgehead atoms. The quantitative estimate of drug-likeness (QED) is 0.886. The minimum Gasteiger partial charge on any atom is -0.396 e. The van der Waals surface area contributed by atoms with Gasteiger partial charge in [0.25, 0.3) is 0 Å². The van der Waals surface area contributed by atoms with Crippen molar-refractivity contribution < 1.29 is 4.79 Å². The summed E-state index contributed by atoms with van der Waals surface area (Å²) in [6.45, 7) is 5.17. The van der Waals surface area contributed by atoms with Crippen molar-refractivity contribution >= 4 is 17.4 Å². The van der Waals surface area contributed by atoms with Crippen molar-refractivity contribution in [3.05, 3.63) is 17.8 Å². The number of hydrogen-bond acceptors (Lipinski definition) is 4. The second kappa shape index (κ2) is 5.31. The van der Waals surface area contributed by atoms with Crippen LogP contribution in [0.4, 0.5) is 11.5 Å². The minimum atomic E-state index is 0.295. The number of carbonyl (C=O) groups excluding carboxylic acids is 1. The van der Waals surface area contributed by atoms with Gasteiger partial charge in [-0.15, -0.1) is 0 Å². The number of amides is 1. The van der Waals surface area contributed by atoms with Crippen LogP contribution in [0.2, 0.25) is 0 Å². The first kappa shape index (κ1) is 13.2. The highest BCUT2D eigenvalue weighted by molar-refractivity contribution is 5.80. The van der Waals surface area contributed by atoms with E-state index < -0.39 is 0 Å². The van der Waals surface area contributed by atoms with Crippen molar-refractivity contribution in [3.63, 3.8) is 0 Å². The van der Waals surface area contributed by atoms with Gasteiger partial charge in [-0.2, -0.15) is 0 Å². The number of nitrogens with zero attached hydrogens (tertiary/aromatic N) is 3. The van der Waals surface area contributed by atoms with Crippen LogP contribution in [0.25, 0.3) is 0 Å². The average Bonchev–Trinajstić information content (AvgIpc) is 2.40. The first-order chi connectivity index (χ1) is 9.65. The topological polar surface area (TPSA) is 62.5 Å². The molecule has 0 atom stereocenters. The van der Waals surface area contributed by atoms with Gasteiger partial charge in [-0.1, -0.05) is 6.42 Å². The van der Waals surface area contributed by atoms with E-state index >= 15 is 0 Å². The van der Waals surface area contributed by atoms with E-state index in [9.17, 15) is 4.79 Å². The van der Waals surface area contributed by atoms with Crippen LogP contribution in [0.3, 0.4) is 0 Å². The van der Waals surface area contributed by atoms with Crippen LogP contribution >= 0.6 is 0 Å². The third-order valence-corrected chi connectivity index (χ3v) is 4.39. The number of carbonyl (C=O) groups is 1. The van der Waals surface area contributed by atoms with E-state index in [2.05, 4.69) is 9.88 Å². The maximum Gasteiger partial charge on any atom is 0.225 e. The predicted molar refractivity (Wildman–Crippen MR) is 79.5 cm³/mol. The zero-order valence-corrected chi connectivity index (χ0v) is 12.0. The standard InChI is InChI=1S/C15H22N4O/c1-11-5-6-13(16)14(17-11)18-7-9-19(10-8-18)15(20)12-3-2-4-12/h5-6,12H,2-4,7-10,16H2,1H3. The largest absolute Gasteiger partial charge is 0.396 e. The van der Waals surface area contributed by atoms with Crippen molar-refractivity contribution in [1.29, 1.82) is 0 Å². The van der Waals surface area contributed by atoms with Crippen molar-refractivity contribution in [2.45, 2.75) is 26.2 Å². The lowest BCUT2D eigenvalue weighted by molar-refractivity contribution is -0.138. The fourth-order valence-electron chi connectivity index (χ4n) is 2.86. The van der Waals surface area contributed by atoms with Gasteiger partial charge in [-0.05, 0) is 31.9 Å². The normalized spacial score (nSPS) is 19.9. The lowest BCUT2D eigenvalue weighted by atomic mass is 9.84. The SMILES string of the molecule is Cc1ccc(N)c(N2CCN(C(=O)C3CCC3)CC2)n1. The van der Waals surface area contributed by atoms with E-state index in [0.717, 1.165) is 56.2 Å². The summed E-state index contributed by atoms with van der Waals surface area (Å²) < 4.78 is 0. The second-order valence-corrected chi connectivity index (χ2v) is 5.81. The van der Waals surface area contributed by atoms with Gasteiger partial charge in [0, 0.05) is 37.8 Å². The summed E-state index contributed by atoms with van der Waals surface area (Å²) in [6, 6.07) is 3.83. The highest BCUT2D eigenvalue weighted by Gasteiger charge is 2.31. The van der Waals surface area contributed by atoms with Crippen molar-refractivity contribution in [2.75, 3.05) is 36.8 Å². The number of pyridine rings is 1. The molecule has 5 nitrogen and oxygen atoms in total. The molecule has 2 N–H and O–H groups in total. The summed E-state index contributed by atoms with van der Waals surface area (Å²) in [5.74, 6) is 1.51. The first-order valence-electron chi connectivity index (χ1n) is 7.42. The predicted octanol–water partition coefficient (Wildman–Crippen LogP) is 1.42. The number of anilines is 2. The van der Waals surface area contributed by atoms with Gasteiger partial charge in [-0.25, -0.2) is 4.98 Å². The monoisotopic (exact) mass is 274 g/mol. The molecule has 0 spiro atoms. The Morgan fingerprint density at radius 3 is 2.55 bits per heavy atom. The van der Waals surface area contributed by atoms with Gasteiger partial charge in [0.1, 0.15) is 0 Å². The van der Waals surface area contributed by atoms with Gasteiger partial charge in [0.2, 0.25) is 5.91 Å². The molecule has 2 aliphatic rings. The van der Waals surface area contributed by atoms with E-state index in [1.165, 1.54) is 6.42 Å². The molecule has 1 aliphatic carbocycles. The lowest BCUT2D eigenvalue weighted by Gasteiger charge is -2.39. The van der Waals surface area contributed by atoms with E-state index in [-0.39, 0.29) is 0 Å². The smallest absolute Gasteiger partial charge is 0.225 e. The first-order valence-corrected chi connectivity index (χ1v) is 7.42. The van der Waals surface area contributed by atoms with Gasteiger partial charge in [0.05, 0.1) is 5.69 Å². The van der Waals surface area contributed by atoms with Crippen molar-refractivity contribution in [1.82, 2.24) is 9.88 Å². The molecule has 1 saturated carbocycles. The summed E-state index contributed by atoms with van der Waals surface area (Å²) in [7, 11) is 0. The molecular weight excluding hydrogens is 252 g/mol. The average molecular weight is 274 g/mol. The molecule has 1 aromatic rings. The summed E-state index contributed by atoms with van der Waals surface area (Å²) in [4.78, 5) is 20.9. The summed E-state index contributed by atoms with van der Waals surface area (Å²) in [6.07, 6.45) is 3.36. The maximum absolute atomic E-state index is 12.2. The third-order valence-electron chi connectivity index (χ3n) is 4.39. The molecule has 108 valence electrons. The van der Waals surface area contributed by atoms with Crippen molar-refractivity contribution in [2.24, 2.45) is 5.92 Å². The number of rotatable bonds is 2. The van der Waals surface area contributed by atoms with Gasteiger partial charge < -0.3 is 15.5 Å². The Labute approximate surface area is 119 Å². The number of piperazine rings is 1. The number of aryl methyl sites for hydroxylation is 1. The lowest BCUT2D eigenvalue weighted by Crippen LogP contribution is -2.51. The molecule has 0 aromatic carbocycles. The molecule has 20 heavy (non-hydrogen) atoms. The van der Waals surface area contributed by atoms with E-state index in [0.29, 0.717) is 11.8 Å². The Bertz CT molecular complexity index is 505. The summed E-state index contributed by atoms with van der Waals surface area (Å²) >= 11 is 0. The Morgan fingerprint density at radius 1 is 1.25 bits per heavy atom. The fraction of sp³-hybridized carbons (Fsp3) is 0.600. The highest BCUT2D eigenvalue weighted by atomic mass is 16.2. The zero-order valence-electron chi connectivity index (χ0n) is 12.0. The molecule has 5 heteroatoms. The summed E-state index contributed by atoms with van der Waals surface area (Å²) in [5, 5.41) is 0. The number of aromatic nitrogens is 1. The van der Waals surface area contributed by atoms with E-state index in [1.54, 1.807) is 0 Å². The Morgan fingerprint density at radius 2 is 1.95 bits per heavy atom. The van der Waals surface area contributed by atoms with E-state index in [1.807, 2.05) is 24.0 Å². The van der Waals surface area contributed by atoms with Crippen LogP contribution in [-0.2, 0) is 4.79 Å². The van der Waals surface area contributed by atoms with Crippen LogP contribution in [0.15, 0.2) is 12.1 Å². The van der Waals surface area contributed by atoms with Gasteiger partial charge in [-0.3, -0.25) is 4.79 Å². The second-order valence-electron chi connectivity index (χ2n) is 5.81. The van der Waals surface area contributed by atoms with Crippen LogP contribution < -0.4 is 10.6 Å². The Kier molecular flexibility index (Phi) is 3.51. The molecule has 0 radical (unpaired) electrons. The third kappa shape index (κ3) is 2.44.